The van der Waals surface area contributed by atoms with E-state index in [2.05, 4.69) is 20.8 Å². The van der Waals surface area contributed by atoms with E-state index in [0.29, 0.717) is 22.0 Å². The van der Waals surface area contributed by atoms with E-state index in [1.807, 2.05) is 6.07 Å². The summed E-state index contributed by atoms with van der Waals surface area (Å²) in [6, 6.07) is 11.4. The SMILES string of the molecule is N#Cc1ccc(NC(=O)c2cc(Cl)ccc2-n2cnnn2)cc1Cl. The van der Waals surface area contributed by atoms with Crippen LogP contribution in [-0.4, -0.2) is 26.1 Å². The van der Waals surface area contributed by atoms with Crippen molar-refractivity contribution in [2.75, 3.05) is 5.32 Å². The number of hydrogen-bond acceptors (Lipinski definition) is 5. The molecular weight excluding hydrogens is 351 g/mol. The molecule has 0 radical (unpaired) electrons. The number of anilines is 1. The largest absolute Gasteiger partial charge is 0.322 e. The number of nitrogens with zero attached hydrogens (tertiary/aromatic N) is 5. The van der Waals surface area contributed by atoms with Gasteiger partial charge in [-0.25, -0.2) is 0 Å². The van der Waals surface area contributed by atoms with Crippen LogP contribution in [0, 0.1) is 11.3 Å². The van der Waals surface area contributed by atoms with Gasteiger partial charge in [-0.05, 0) is 46.8 Å². The number of nitrogens with one attached hydrogen (secondary N) is 1. The van der Waals surface area contributed by atoms with E-state index in [-0.39, 0.29) is 10.6 Å². The Morgan fingerprint density at radius 1 is 1.21 bits per heavy atom. The lowest BCUT2D eigenvalue weighted by Crippen LogP contribution is -2.15. The van der Waals surface area contributed by atoms with Crippen LogP contribution in [0.1, 0.15) is 15.9 Å². The number of nitriles is 1. The van der Waals surface area contributed by atoms with E-state index in [4.69, 9.17) is 28.5 Å². The first-order valence-corrected chi connectivity index (χ1v) is 7.38. The minimum absolute atomic E-state index is 0.252. The number of benzene rings is 2. The van der Waals surface area contributed by atoms with Gasteiger partial charge in [0.15, 0.2) is 0 Å². The summed E-state index contributed by atoms with van der Waals surface area (Å²) in [6.07, 6.45) is 1.37. The second kappa shape index (κ2) is 6.66. The molecular formula is C15H8Cl2N6O. The molecule has 0 fully saturated rings. The number of tetrazole rings is 1. The zero-order valence-electron chi connectivity index (χ0n) is 11.9. The smallest absolute Gasteiger partial charge is 0.257 e. The van der Waals surface area contributed by atoms with E-state index in [9.17, 15) is 4.79 Å². The van der Waals surface area contributed by atoms with Crippen LogP contribution in [0.25, 0.3) is 5.69 Å². The molecule has 0 saturated carbocycles. The fraction of sp³-hybridized carbons (Fsp3) is 0. The van der Waals surface area contributed by atoms with E-state index in [1.165, 1.54) is 29.2 Å². The fourth-order valence-electron chi connectivity index (χ4n) is 2.04. The lowest BCUT2D eigenvalue weighted by atomic mass is 10.1. The van der Waals surface area contributed by atoms with Gasteiger partial charge in [0.2, 0.25) is 0 Å². The molecule has 0 aliphatic heterocycles. The Balaban J connectivity index is 1.95. The van der Waals surface area contributed by atoms with Crippen LogP contribution in [0.3, 0.4) is 0 Å². The number of amides is 1. The third kappa shape index (κ3) is 3.20. The summed E-state index contributed by atoms with van der Waals surface area (Å²) < 4.78 is 1.36. The number of halogens is 2. The average Bonchev–Trinajstić information content (AvgIpc) is 3.09. The van der Waals surface area contributed by atoms with E-state index in [1.54, 1.807) is 18.2 Å². The summed E-state index contributed by atoms with van der Waals surface area (Å²) in [4.78, 5) is 12.6. The van der Waals surface area contributed by atoms with Crippen molar-refractivity contribution in [2.24, 2.45) is 0 Å². The molecule has 0 saturated heterocycles. The van der Waals surface area contributed by atoms with Crippen molar-refractivity contribution >= 4 is 34.8 Å². The molecule has 1 heterocycles. The summed E-state index contributed by atoms with van der Waals surface area (Å²) in [5, 5.41) is 23.1. The quantitative estimate of drug-likeness (QED) is 0.775. The normalized spacial score (nSPS) is 10.2. The van der Waals surface area contributed by atoms with E-state index in [0.717, 1.165) is 0 Å². The molecule has 1 amide bonds. The predicted octanol–water partition coefficient (Wildman–Crippen LogP) is 3.09. The third-order valence-electron chi connectivity index (χ3n) is 3.15. The zero-order valence-corrected chi connectivity index (χ0v) is 13.5. The molecule has 9 heteroatoms. The Morgan fingerprint density at radius 3 is 2.71 bits per heavy atom. The first-order chi connectivity index (χ1) is 11.6. The standard InChI is InChI=1S/C15H8Cl2N6O/c16-10-2-4-14(23-8-19-21-22-23)12(5-10)15(24)20-11-3-1-9(7-18)13(17)6-11/h1-6,8H,(H,20,24). The van der Waals surface area contributed by atoms with Gasteiger partial charge in [-0.3, -0.25) is 4.79 Å². The highest BCUT2D eigenvalue weighted by atomic mass is 35.5. The Kier molecular flexibility index (Phi) is 4.42. The number of carbonyl (C=O) groups excluding carboxylic acids is 1. The predicted molar refractivity (Wildman–Crippen MR) is 88.3 cm³/mol. The zero-order chi connectivity index (χ0) is 17.1. The van der Waals surface area contributed by atoms with Crippen molar-refractivity contribution < 1.29 is 4.79 Å². The second-order valence-corrected chi connectivity index (χ2v) is 5.52. The van der Waals surface area contributed by atoms with Crippen molar-refractivity contribution in [3.8, 4) is 11.8 Å². The van der Waals surface area contributed by atoms with Gasteiger partial charge in [0.05, 0.1) is 21.8 Å². The van der Waals surface area contributed by atoms with E-state index >= 15 is 0 Å². The molecule has 0 spiro atoms. The molecule has 1 aromatic heterocycles. The first-order valence-electron chi connectivity index (χ1n) is 6.62. The topological polar surface area (TPSA) is 96.5 Å². The molecule has 2 aromatic carbocycles. The monoisotopic (exact) mass is 358 g/mol. The summed E-state index contributed by atoms with van der Waals surface area (Å²) in [5.41, 5.74) is 1.54. The minimum atomic E-state index is -0.413. The van der Waals surface area contributed by atoms with Crippen molar-refractivity contribution in [1.29, 1.82) is 5.26 Å². The summed E-state index contributed by atoms with van der Waals surface area (Å²) in [6.45, 7) is 0. The maximum absolute atomic E-state index is 12.6. The van der Waals surface area contributed by atoms with Gasteiger partial charge in [-0.15, -0.1) is 5.10 Å². The third-order valence-corrected chi connectivity index (χ3v) is 3.69. The molecule has 0 atom stereocenters. The summed E-state index contributed by atoms with van der Waals surface area (Å²) in [5.74, 6) is -0.413. The molecule has 7 nitrogen and oxygen atoms in total. The summed E-state index contributed by atoms with van der Waals surface area (Å²) >= 11 is 12.0. The van der Waals surface area contributed by atoms with Crippen LogP contribution in [0.4, 0.5) is 5.69 Å². The van der Waals surface area contributed by atoms with Crippen molar-refractivity contribution in [2.45, 2.75) is 0 Å². The molecule has 118 valence electrons. The van der Waals surface area contributed by atoms with Crippen molar-refractivity contribution in [3.63, 3.8) is 0 Å². The van der Waals surface area contributed by atoms with Gasteiger partial charge in [-0.2, -0.15) is 9.94 Å². The van der Waals surface area contributed by atoms with Gasteiger partial charge >= 0.3 is 0 Å². The highest BCUT2D eigenvalue weighted by Crippen LogP contribution is 2.23. The lowest BCUT2D eigenvalue weighted by molar-refractivity contribution is 0.102. The highest BCUT2D eigenvalue weighted by molar-refractivity contribution is 6.32. The van der Waals surface area contributed by atoms with Crippen LogP contribution in [0.15, 0.2) is 42.7 Å². The van der Waals surface area contributed by atoms with E-state index < -0.39 is 5.91 Å². The molecule has 0 aliphatic carbocycles. The number of aromatic nitrogens is 4. The Morgan fingerprint density at radius 2 is 2.04 bits per heavy atom. The van der Waals surface area contributed by atoms with Crippen molar-refractivity contribution in [1.82, 2.24) is 20.2 Å². The Hall–Kier alpha value is -2.95. The van der Waals surface area contributed by atoms with Gasteiger partial charge in [0.25, 0.3) is 5.91 Å². The molecule has 0 unspecified atom stereocenters. The summed E-state index contributed by atoms with van der Waals surface area (Å²) in [7, 11) is 0. The Labute approximate surface area is 146 Å². The van der Waals surface area contributed by atoms with Gasteiger partial charge in [0.1, 0.15) is 12.4 Å². The molecule has 0 bridgehead atoms. The van der Waals surface area contributed by atoms with Crippen LogP contribution < -0.4 is 5.32 Å². The lowest BCUT2D eigenvalue weighted by Gasteiger charge is -2.10. The minimum Gasteiger partial charge on any atom is -0.322 e. The second-order valence-electron chi connectivity index (χ2n) is 4.68. The Bertz CT molecular complexity index is 949. The highest BCUT2D eigenvalue weighted by Gasteiger charge is 2.15. The molecule has 0 aliphatic rings. The maximum atomic E-state index is 12.6. The van der Waals surface area contributed by atoms with Crippen molar-refractivity contribution in [3.05, 3.63) is 63.9 Å². The van der Waals surface area contributed by atoms with Gasteiger partial charge in [-0.1, -0.05) is 23.2 Å². The molecule has 24 heavy (non-hydrogen) atoms. The maximum Gasteiger partial charge on any atom is 0.257 e. The number of hydrogen-bond donors (Lipinski definition) is 1. The first kappa shape index (κ1) is 15.9. The molecule has 1 N–H and O–H groups in total. The number of carbonyl (C=O) groups is 1. The fourth-order valence-corrected chi connectivity index (χ4v) is 2.44. The van der Waals surface area contributed by atoms with Gasteiger partial charge in [0, 0.05) is 10.7 Å². The van der Waals surface area contributed by atoms with Crippen LogP contribution >= 0.6 is 23.2 Å². The van der Waals surface area contributed by atoms with Gasteiger partial charge < -0.3 is 5.32 Å². The average molecular weight is 359 g/mol. The molecule has 3 rings (SSSR count). The van der Waals surface area contributed by atoms with Crippen LogP contribution in [-0.2, 0) is 0 Å². The van der Waals surface area contributed by atoms with Crippen LogP contribution in [0.2, 0.25) is 10.0 Å². The number of rotatable bonds is 3. The van der Waals surface area contributed by atoms with Crippen LogP contribution in [0.5, 0.6) is 0 Å². The molecule has 3 aromatic rings.